The Balaban J connectivity index is 1.36. The number of hydrogen-bond donors (Lipinski definition) is 6. The summed E-state index contributed by atoms with van der Waals surface area (Å²) in [6.07, 6.45) is 2.99. The maximum atomic E-state index is 13.4. The Labute approximate surface area is 261 Å². The lowest BCUT2D eigenvalue weighted by atomic mass is 9.85. The number of guanidine groups is 1. The molecule has 0 aromatic heterocycles. The molecule has 1 saturated carbocycles. The van der Waals surface area contributed by atoms with Gasteiger partial charge in [0.15, 0.2) is 5.96 Å². The minimum atomic E-state index is -0.990. The molecule has 0 bridgehead atoms. The van der Waals surface area contributed by atoms with Crippen LogP contribution in [-0.4, -0.2) is 54.3 Å². The van der Waals surface area contributed by atoms with E-state index in [1.54, 1.807) is 0 Å². The van der Waals surface area contributed by atoms with Crippen molar-refractivity contribution in [1.29, 1.82) is 0 Å². The number of rotatable bonds is 13. The fourth-order valence-electron chi connectivity index (χ4n) is 5.53. The Morgan fingerprint density at radius 3 is 2.20 bits per heavy atom. The van der Waals surface area contributed by atoms with Gasteiger partial charge in [0.1, 0.15) is 17.9 Å². The summed E-state index contributed by atoms with van der Waals surface area (Å²) in [5.74, 6) is -2.66. The van der Waals surface area contributed by atoms with Crippen molar-refractivity contribution < 1.29 is 23.6 Å². The van der Waals surface area contributed by atoms with Crippen LogP contribution in [0.5, 0.6) is 0 Å². The molecular weight excluding hydrogens is 577 g/mol. The first-order valence-electron chi connectivity index (χ1n) is 15.1. The fourth-order valence-corrected chi connectivity index (χ4v) is 5.53. The van der Waals surface area contributed by atoms with Gasteiger partial charge < -0.3 is 33.2 Å². The van der Waals surface area contributed by atoms with Crippen LogP contribution in [0.3, 0.4) is 0 Å². The van der Waals surface area contributed by atoms with Crippen LogP contribution in [0.25, 0.3) is 10.8 Å². The lowest BCUT2D eigenvalue weighted by Gasteiger charge is -2.30. The number of amides is 4. The van der Waals surface area contributed by atoms with Crippen molar-refractivity contribution in [3.63, 3.8) is 0 Å². The molecule has 4 rings (SSSR count). The van der Waals surface area contributed by atoms with Crippen LogP contribution in [0.15, 0.2) is 71.7 Å². The molecule has 1 aliphatic carbocycles. The molecule has 0 saturated heterocycles. The van der Waals surface area contributed by atoms with Crippen LogP contribution in [-0.2, 0) is 20.8 Å². The molecular formula is C33H40FN7O4. The average Bonchev–Trinajstić information content (AvgIpc) is 3.02. The zero-order valence-corrected chi connectivity index (χ0v) is 25.0. The monoisotopic (exact) mass is 617 g/mol. The molecule has 238 valence electrons. The van der Waals surface area contributed by atoms with Crippen molar-refractivity contribution >= 4 is 40.4 Å². The van der Waals surface area contributed by atoms with Gasteiger partial charge in [0, 0.05) is 30.5 Å². The highest BCUT2D eigenvalue weighted by molar-refractivity contribution is 5.94. The van der Waals surface area contributed by atoms with Crippen LogP contribution in [0.4, 0.5) is 4.39 Å². The molecule has 0 spiro atoms. The molecule has 2 atom stereocenters. The van der Waals surface area contributed by atoms with Gasteiger partial charge in [0.05, 0.1) is 0 Å². The van der Waals surface area contributed by atoms with Crippen molar-refractivity contribution in [3.05, 3.63) is 83.7 Å². The van der Waals surface area contributed by atoms with Crippen LogP contribution in [0, 0.1) is 11.7 Å². The third-order valence-electron chi connectivity index (χ3n) is 8.03. The van der Waals surface area contributed by atoms with Gasteiger partial charge in [-0.05, 0) is 79.1 Å². The van der Waals surface area contributed by atoms with Crippen LogP contribution < -0.4 is 33.2 Å². The molecule has 0 unspecified atom stereocenters. The van der Waals surface area contributed by atoms with Gasteiger partial charge in [0.2, 0.25) is 17.7 Å². The van der Waals surface area contributed by atoms with Crippen molar-refractivity contribution in [2.45, 2.75) is 63.1 Å². The number of nitrogens with one attached hydrogen (secondary N) is 3. The van der Waals surface area contributed by atoms with E-state index in [1.807, 2.05) is 42.5 Å². The summed E-state index contributed by atoms with van der Waals surface area (Å²) in [6, 6.07) is 16.8. The molecule has 0 radical (unpaired) electrons. The number of primary amides is 1. The van der Waals surface area contributed by atoms with Gasteiger partial charge in [-0.25, -0.2) is 4.39 Å². The van der Waals surface area contributed by atoms with E-state index in [1.165, 1.54) is 24.3 Å². The van der Waals surface area contributed by atoms with Gasteiger partial charge in [-0.3, -0.25) is 24.2 Å². The summed E-state index contributed by atoms with van der Waals surface area (Å²) >= 11 is 0. The summed E-state index contributed by atoms with van der Waals surface area (Å²) in [7, 11) is 0. The second-order valence-electron chi connectivity index (χ2n) is 11.4. The van der Waals surface area contributed by atoms with Crippen LogP contribution in [0.2, 0.25) is 0 Å². The normalized spacial score (nSPS) is 17.4. The zero-order valence-electron chi connectivity index (χ0n) is 25.0. The second-order valence-corrected chi connectivity index (χ2v) is 11.4. The first-order valence-corrected chi connectivity index (χ1v) is 15.1. The number of carbonyl (C=O) groups excluding carboxylic acids is 4. The van der Waals surface area contributed by atoms with E-state index in [-0.39, 0.29) is 49.1 Å². The maximum Gasteiger partial charge on any atom is 0.251 e. The van der Waals surface area contributed by atoms with Gasteiger partial charge in [-0.2, -0.15) is 0 Å². The van der Waals surface area contributed by atoms with Crippen molar-refractivity contribution in [3.8, 4) is 0 Å². The molecule has 3 aromatic rings. The Morgan fingerprint density at radius 1 is 0.844 bits per heavy atom. The highest BCUT2D eigenvalue weighted by atomic mass is 19.1. The van der Waals surface area contributed by atoms with Crippen molar-refractivity contribution in [1.82, 2.24) is 16.0 Å². The molecule has 45 heavy (non-hydrogen) atoms. The smallest absolute Gasteiger partial charge is 0.251 e. The predicted molar refractivity (Wildman–Crippen MR) is 170 cm³/mol. The van der Waals surface area contributed by atoms with E-state index in [2.05, 4.69) is 20.9 Å². The maximum absolute atomic E-state index is 13.4. The summed E-state index contributed by atoms with van der Waals surface area (Å²) in [6.45, 7) is 0.261. The quantitative estimate of drug-likeness (QED) is 0.0964. The largest absolute Gasteiger partial charge is 0.370 e. The standard InChI is InChI=1S/C33H40FN7O4/c34-25-13-9-22(10-14-25)30(43)39-26-15-11-23(12-16-26)31(44)40-27(6-3-17-38-33(36)37)32(45)41-28(29(35)42)19-20-7-8-21-4-1-2-5-24(21)18-20/h1-2,4-5,7-10,13-14,18,23,26-28H,3,6,11-12,15-17,19H2,(H2,35,42)(H,39,43)(H,40,44)(H,41,45)(H4,36,37,38)/t23?,26?,27-,28-/m0/s1. The van der Waals surface area contributed by atoms with E-state index in [0.717, 1.165) is 16.3 Å². The highest BCUT2D eigenvalue weighted by Gasteiger charge is 2.31. The van der Waals surface area contributed by atoms with Crippen molar-refractivity contribution in [2.24, 2.45) is 28.1 Å². The lowest BCUT2D eigenvalue weighted by molar-refractivity contribution is -0.133. The molecule has 3 aromatic carbocycles. The van der Waals surface area contributed by atoms with Gasteiger partial charge in [-0.1, -0.05) is 42.5 Å². The van der Waals surface area contributed by atoms with E-state index in [0.29, 0.717) is 37.7 Å². The fraction of sp³-hybridized carbons (Fsp3) is 0.364. The minimum absolute atomic E-state index is 0.0764. The molecule has 0 aliphatic heterocycles. The molecule has 4 amide bonds. The van der Waals surface area contributed by atoms with E-state index < -0.39 is 29.7 Å². The summed E-state index contributed by atoms with van der Waals surface area (Å²) < 4.78 is 13.2. The number of nitrogens with zero attached hydrogens (tertiary/aromatic N) is 1. The third kappa shape index (κ3) is 9.75. The molecule has 1 fully saturated rings. The topological polar surface area (TPSA) is 195 Å². The van der Waals surface area contributed by atoms with Crippen LogP contribution in [0.1, 0.15) is 54.4 Å². The van der Waals surface area contributed by atoms with E-state index in [9.17, 15) is 23.6 Å². The van der Waals surface area contributed by atoms with E-state index >= 15 is 0 Å². The van der Waals surface area contributed by atoms with Crippen molar-refractivity contribution in [2.75, 3.05) is 6.54 Å². The Hall–Kier alpha value is -5.00. The first-order chi connectivity index (χ1) is 21.6. The predicted octanol–water partition coefficient (Wildman–Crippen LogP) is 2.02. The highest BCUT2D eigenvalue weighted by Crippen LogP contribution is 2.25. The Kier molecular flexibility index (Phi) is 11.4. The Morgan fingerprint density at radius 2 is 1.53 bits per heavy atom. The van der Waals surface area contributed by atoms with Gasteiger partial charge in [-0.15, -0.1) is 0 Å². The first kappa shape index (κ1) is 32.9. The van der Waals surface area contributed by atoms with E-state index in [4.69, 9.17) is 17.2 Å². The average molecular weight is 618 g/mol. The molecule has 9 N–H and O–H groups in total. The summed E-state index contributed by atoms with van der Waals surface area (Å²) in [4.78, 5) is 55.6. The summed E-state index contributed by atoms with van der Waals surface area (Å²) in [5.41, 5.74) is 17.7. The minimum Gasteiger partial charge on any atom is -0.370 e. The number of nitrogens with two attached hydrogens (primary N) is 3. The number of hydrogen-bond acceptors (Lipinski definition) is 5. The van der Waals surface area contributed by atoms with Crippen LogP contribution >= 0.6 is 0 Å². The SMILES string of the molecule is NC(=O)[C@H](Cc1ccc2ccccc2c1)NC(=O)[C@H](CCCN=C(N)N)NC(=O)C1CCC(NC(=O)c2ccc(F)cc2)CC1. The number of aliphatic imine (C=N–C) groups is 1. The molecule has 0 heterocycles. The second kappa shape index (κ2) is 15.6. The lowest BCUT2D eigenvalue weighted by Crippen LogP contribution is -2.54. The summed E-state index contributed by atoms with van der Waals surface area (Å²) in [5, 5.41) is 10.6. The Bertz CT molecular complexity index is 1530. The number of carbonyl (C=O) groups is 4. The third-order valence-corrected chi connectivity index (χ3v) is 8.03. The number of fused-ring (bicyclic) bond motifs is 1. The number of benzene rings is 3. The molecule has 1 aliphatic rings. The van der Waals surface area contributed by atoms with Gasteiger partial charge in [0.25, 0.3) is 5.91 Å². The number of halogens is 1. The molecule has 11 nitrogen and oxygen atoms in total. The molecule has 12 heteroatoms. The zero-order chi connectivity index (χ0) is 32.3. The van der Waals surface area contributed by atoms with Gasteiger partial charge >= 0.3 is 0 Å².